The van der Waals surface area contributed by atoms with Crippen LogP contribution in [0, 0.1) is 23.2 Å². The summed E-state index contributed by atoms with van der Waals surface area (Å²) in [6.07, 6.45) is 1.62. The number of rotatable bonds is 4. The number of Topliss-reactive ketones (excluding diaryl/α,β-unsaturated/α-hetero) is 1. The van der Waals surface area contributed by atoms with Crippen molar-refractivity contribution in [2.75, 3.05) is 19.8 Å². The highest BCUT2D eigenvalue weighted by Gasteiger charge is 2.70. The van der Waals surface area contributed by atoms with E-state index in [1.54, 1.807) is 0 Å². The fourth-order valence-electron chi connectivity index (χ4n) is 5.81. The van der Waals surface area contributed by atoms with Gasteiger partial charge in [-0.3, -0.25) is 4.79 Å². The molecule has 1 spiro atoms. The lowest BCUT2D eigenvalue weighted by Crippen LogP contribution is -2.65. The molecule has 5 nitrogen and oxygen atoms in total. The smallest absolute Gasteiger partial charge is 0.377 e. The van der Waals surface area contributed by atoms with Crippen molar-refractivity contribution < 1.29 is 50.1 Å². The first-order valence-electron chi connectivity index (χ1n) is 9.83. The normalized spacial score (nSPS) is 38.3. The number of carbonyl (C=O) groups is 2. The Morgan fingerprint density at radius 1 is 0.967 bits per heavy atom. The van der Waals surface area contributed by atoms with Gasteiger partial charge in [0.25, 0.3) is 0 Å². The maximum Gasteiger partial charge on any atom is 0.377 e. The van der Waals surface area contributed by atoms with Crippen LogP contribution in [-0.2, 0) is 23.8 Å². The first-order chi connectivity index (χ1) is 13.7. The van der Waals surface area contributed by atoms with Crippen LogP contribution in [-0.4, -0.2) is 55.1 Å². The first kappa shape index (κ1) is 21.9. The van der Waals surface area contributed by atoms with Gasteiger partial charge in [0.1, 0.15) is 13.2 Å². The van der Waals surface area contributed by atoms with Crippen molar-refractivity contribution in [1.82, 2.24) is 0 Å². The summed E-state index contributed by atoms with van der Waals surface area (Å²) in [4.78, 5) is 24.1. The van der Waals surface area contributed by atoms with Crippen molar-refractivity contribution in [3.05, 3.63) is 0 Å². The highest BCUT2D eigenvalue weighted by molar-refractivity contribution is 5.89. The van der Waals surface area contributed by atoms with Gasteiger partial charge in [-0.25, -0.2) is 4.79 Å². The minimum Gasteiger partial charge on any atom is -0.453 e. The summed E-state index contributed by atoms with van der Waals surface area (Å²) in [7, 11) is 0. The van der Waals surface area contributed by atoms with Crippen molar-refractivity contribution in [2.24, 2.45) is 23.2 Å². The van der Waals surface area contributed by atoms with Gasteiger partial charge in [0.2, 0.25) is 0 Å². The predicted molar refractivity (Wildman–Crippen MR) is 87.1 cm³/mol. The van der Waals surface area contributed by atoms with E-state index in [1.165, 1.54) is 0 Å². The Bertz CT molecular complexity index is 712. The Morgan fingerprint density at radius 3 is 1.93 bits per heavy atom. The molecule has 5 rings (SSSR count). The monoisotopic (exact) mass is 444 g/mol. The number of halogens is 6. The largest absolute Gasteiger partial charge is 0.453 e. The average Bonchev–Trinajstić information content (AvgIpc) is 2.72. The molecule has 5 fully saturated rings. The quantitative estimate of drug-likeness (QED) is 0.490. The number of esters is 1. The lowest BCUT2D eigenvalue weighted by Gasteiger charge is -2.63. The zero-order chi connectivity index (χ0) is 22.2. The molecule has 1 heterocycles. The molecule has 4 bridgehead atoms. The van der Waals surface area contributed by atoms with E-state index < -0.39 is 72.4 Å². The van der Waals surface area contributed by atoms with Gasteiger partial charge in [0.05, 0.1) is 0 Å². The molecule has 30 heavy (non-hydrogen) atoms. The molecule has 0 aromatic rings. The fourth-order valence-corrected chi connectivity index (χ4v) is 5.81. The van der Waals surface area contributed by atoms with Gasteiger partial charge >= 0.3 is 23.7 Å². The number of hydrogen-bond donors (Lipinski definition) is 0. The number of hydrogen-bond acceptors (Lipinski definition) is 5. The van der Waals surface area contributed by atoms with E-state index in [0.29, 0.717) is 26.2 Å². The topological polar surface area (TPSA) is 61.8 Å². The summed E-state index contributed by atoms with van der Waals surface area (Å²) in [6.45, 7) is -3.43. The Morgan fingerprint density at radius 2 is 1.47 bits per heavy atom. The van der Waals surface area contributed by atoms with Gasteiger partial charge in [-0.1, -0.05) is 0 Å². The highest BCUT2D eigenvalue weighted by Crippen LogP contribution is 2.66. The van der Waals surface area contributed by atoms with E-state index >= 15 is 0 Å². The van der Waals surface area contributed by atoms with E-state index in [9.17, 15) is 35.9 Å². The third kappa shape index (κ3) is 3.23. The van der Waals surface area contributed by atoms with E-state index in [0.717, 1.165) is 0 Å². The molecule has 5 aliphatic rings. The average molecular weight is 444 g/mol. The lowest BCUT2D eigenvalue weighted by molar-refractivity contribution is -0.344. The number of ether oxygens (including phenoxy) is 3. The second-order valence-electron chi connectivity index (χ2n) is 9.22. The highest BCUT2D eigenvalue weighted by atomic mass is 19.3. The van der Waals surface area contributed by atoms with Crippen LogP contribution in [0.3, 0.4) is 0 Å². The minimum atomic E-state index is -4.38. The van der Waals surface area contributed by atoms with E-state index in [2.05, 4.69) is 4.74 Å². The molecule has 11 heteroatoms. The summed E-state index contributed by atoms with van der Waals surface area (Å²) in [5.41, 5.74) is -0.991. The predicted octanol–water partition coefficient (Wildman–Crippen LogP) is 3.59. The van der Waals surface area contributed by atoms with Crippen molar-refractivity contribution in [3.8, 4) is 0 Å². The summed E-state index contributed by atoms with van der Waals surface area (Å²) in [5, 5.41) is 0. The Labute approximate surface area is 168 Å². The molecular weight excluding hydrogens is 422 g/mol. The molecule has 0 N–H and O–H groups in total. The minimum absolute atomic E-state index is 0.0249. The Kier molecular flexibility index (Phi) is 4.79. The summed E-state index contributed by atoms with van der Waals surface area (Å²) in [5.74, 6) is -17.6. The van der Waals surface area contributed by atoms with Gasteiger partial charge in [0.15, 0.2) is 18.2 Å². The molecule has 170 valence electrons. The first-order valence-corrected chi connectivity index (χ1v) is 9.83. The zero-order valence-corrected chi connectivity index (χ0v) is 16.2. The summed E-state index contributed by atoms with van der Waals surface area (Å²) >= 11 is 0. The van der Waals surface area contributed by atoms with Crippen LogP contribution in [0.15, 0.2) is 0 Å². The van der Waals surface area contributed by atoms with Crippen LogP contribution in [0.4, 0.5) is 26.3 Å². The van der Waals surface area contributed by atoms with E-state index in [1.807, 2.05) is 0 Å². The van der Waals surface area contributed by atoms with Gasteiger partial charge in [-0.2, -0.15) is 26.3 Å². The lowest BCUT2D eigenvalue weighted by atomic mass is 9.46. The molecule has 4 saturated carbocycles. The van der Waals surface area contributed by atoms with Crippen LogP contribution >= 0.6 is 0 Å². The summed E-state index contributed by atoms with van der Waals surface area (Å²) in [6, 6.07) is 0. The van der Waals surface area contributed by atoms with Gasteiger partial charge in [-0.15, -0.1) is 0 Å². The Hall–Kier alpha value is -1.36. The van der Waals surface area contributed by atoms with Gasteiger partial charge in [0, 0.05) is 24.2 Å². The van der Waals surface area contributed by atoms with Crippen LogP contribution < -0.4 is 0 Å². The SMILES string of the molecule is CC(F)(F)C(=O)OCC(=O)C12CC3CC(C1)C1(OCC(F)(F)C(F)(F)CO1)C(C3)C2. The molecule has 2 atom stereocenters. The van der Waals surface area contributed by atoms with Crippen molar-refractivity contribution in [3.63, 3.8) is 0 Å². The molecule has 1 aliphatic heterocycles. The van der Waals surface area contributed by atoms with Crippen LogP contribution in [0.5, 0.6) is 0 Å². The molecule has 0 amide bonds. The van der Waals surface area contributed by atoms with Gasteiger partial charge in [-0.05, 0) is 38.0 Å². The van der Waals surface area contributed by atoms with Crippen molar-refractivity contribution >= 4 is 11.8 Å². The molecule has 0 radical (unpaired) electrons. The van der Waals surface area contributed by atoms with Crippen LogP contribution in [0.2, 0.25) is 0 Å². The fraction of sp³-hybridized carbons (Fsp3) is 0.895. The second-order valence-corrected chi connectivity index (χ2v) is 9.22. The van der Waals surface area contributed by atoms with Gasteiger partial charge < -0.3 is 14.2 Å². The molecule has 0 aromatic carbocycles. The molecular formula is C19H22F6O5. The maximum atomic E-state index is 13.8. The summed E-state index contributed by atoms with van der Waals surface area (Å²) < 4.78 is 96.3. The molecule has 1 saturated heterocycles. The van der Waals surface area contributed by atoms with Crippen LogP contribution in [0.25, 0.3) is 0 Å². The van der Waals surface area contributed by atoms with Crippen LogP contribution in [0.1, 0.15) is 39.0 Å². The third-order valence-electron chi connectivity index (χ3n) is 7.10. The second kappa shape index (κ2) is 6.57. The number of ketones is 1. The third-order valence-corrected chi connectivity index (χ3v) is 7.10. The van der Waals surface area contributed by atoms with Crippen molar-refractivity contribution in [2.45, 2.75) is 62.6 Å². The standard InChI is InChI=1S/C19H22F6O5/c1-15(20,21)14(27)28-7-13(26)16-4-10-2-11(5-16)19(12(3-10)6-16)29-8-17(22,23)18(24,25)9-30-19/h10-12H,2-9H2,1H3. The van der Waals surface area contributed by atoms with E-state index in [4.69, 9.17) is 9.47 Å². The molecule has 4 aliphatic carbocycles. The maximum absolute atomic E-state index is 13.8. The van der Waals surface area contributed by atoms with E-state index in [-0.39, 0.29) is 18.8 Å². The molecule has 2 unspecified atom stereocenters. The Balaban J connectivity index is 1.53. The van der Waals surface area contributed by atoms with Crippen molar-refractivity contribution in [1.29, 1.82) is 0 Å². The number of carbonyl (C=O) groups excluding carboxylic acids is 2. The zero-order valence-electron chi connectivity index (χ0n) is 16.2. The molecule has 0 aromatic heterocycles. The number of alkyl halides is 6.